The predicted octanol–water partition coefficient (Wildman–Crippen LogP) is 2.74. The highest BCUT2D eigenvalue weighted by Gasteiger charge is 2.21. The van der Waals surface area contributed by atoms with Gasteiger partial charge >= 0.3 is 0 Å². The molecule has 1 saturated carbocycles. The van der Waals surface area contributed by atoms with Crippen LogP contribution < -0.4 is 5.32 Å². The molecule has 1 saturated heterocycles. The number of hydrogen-bond donors (Lipinski definition) is 1. The lowest BCUT2D eigenvalue weighted by molar-refractivity contribution is 0.222. The monoisotopic (exact) mass is 256 g/mol. The van der Waals surface area contributed by atoms with Crippen LogP contribution in [0.1, 0.15) is 45.4 Å². The van der Waals surface area contributed by atoms with E-state index in [4.69, 9.17) is 0 Å². The minimum absolute atomic E-state index is 0.911. The van der Waals surface area contributed by atoms with E-state index in [0.29, 0.717) is 0 Å². The molecule has 0 atom stereocenters. The predicted molar refractivity (Wildman–Crippen MR) is 77.9 cm³/mol. The molecule has 1 heterocycles. The average molecular weight is 256 g/mol. The van der Waals surface area contributed by atoms with Gasteiger partial charge in [-0.3, -0.25) is 4.90 Å². The minimum atomic E-state index is 0.911. The van der Waals surface area contributed by atoms with Gasteiger partial charge in [0.05, 0.1) is 0 Å². The van der Waals surface area contributed by atoms with Gasteiger partial charge in [-0.25, -0.2) is 0 Å². The van der Waals surface area contributed by atoms with Crippen LogP contribution in [0.3, 0.4) is 0 Å². The van der Waals surface area contributed by atoms with Crippen molar-refractivity contribution in [2.24, 2.45) is 0 Å². The summed E-state index contributed by atoms with van der Waals surface area (Å²) < 4.78 is 0. The molecule has 0 amide bonds. The van der Waals surface area contributed by atoms with Gasteiger partial charge < -0.3 is 5.32 Å². The molecule has 17 heavy (non-hydrogen) atoms. The minimum Gasteiger partial charge on any atom is -0.317 e. The van der Waals surface area contributed by atoms with E-state index in [1.165, 1.54) is 70.5 Å². The van der Waals surface area contributed by atoms with Gasteiger partial charge in [-0.2, -0.15) is 11.8 Å². The van der Waals surface area contributed by atoms with Crippen LogP contribution in [0.15, 0.2) is 0 Å². The van der Waals surface area contributed by atoms with Crippen LogP contribution in [-0.4, -0.2) is 48.1 Å². The first kappa shape index (κ1) is 13.7. The van der Waals surface area contributed by atoms with Gasteiger partial charge in [0.1, 0.15) is 0 Å². The number of thioether (sulfide) groups is 1. The molecule has 2 nitrogen and oxygen atoms in total. The number of nitrogens with zero attached hydrogens (tertiary/aromatic N) is 1. The third-order valence-corrected chi connectivity index (χ3v) is 5.63. The first-order valence-electron chi connectivity index (χ1n) is 7.46. The average Bonchev–Trinajstić information content (AvgIpc) is 2.90. The highest BCUT2D eigenvalue weighted by Crippen LogP contribution is 2.25. The topological polar surface area (TPSA) is 15.3 Å². The van der Waals surface area contributed by atoms with E-state index in [9.17, 15) is 0 Å². The zero-order valence-corrected chi connectivity index (χ0v) is 12.1. The maximum atomic E-state index is 3.45. The Morgan fingerprint density at radius 1 is 1.12 bits per heavy atom. The number of nitrogens with one attached hydrogen (secondary N) is 1. The van der Waals surface area contributed by atoms with Crippen LogP contribution >= 0.6 is 11.8 Å². The van der Waals surface area contributed by atoms with E-state index in [1.54, 1.807) is 0 Å². The number of rotatable bonds is 6. The first-order valence-corrected chi connectivity index (χ1v) is 8.51. The molecular formula is C14H28N2S. The Bertz CT molecular complexity index is 198. The maximum Gasteiger partial charge on any atom is 0.00954 e. The van der Waals surface area contributed by atoms with Gasteiger partial charge in [0, 0.05) is 23.6 Å². The quantitative estimate of drug-likeness (QED) is 0.787. The zero-order valence-electron chi connectivity index (χ0n) is 11.3. The maximum absolute atomic E-state index is 3.45. The van der Waals surface area contributed by atoms with Gasteiger partial charge in [0.25, 0.3) is 0 Å². The fraction of sp³-hybridized carbons (Fsp3) is 1.00. The van der Waals surface area contributed by atoms with E-state index in [1.807, 2.05) is 0 Å². The molecule has 1 aliphatic carbocycles. The van der Waals surface area contributed by atoms with E-state index in [0.717, 1.165) is 11.3 Å². The van der Waals surface area contributed by atoms with Crippen LogP contribution in [0.25, 0.3) is 0 Å². The van der Waals surface area contributed by atoms with Crippen molar-refractivity contribution in [3.8, 4) is 0 Å². The van der Waals surface area contributed by atoms with Crippen LogP contribution in [0.4, 0.5) is 0 Å². The van der Waals surface area contributed by atoms with Crippen LogP contribution in [-0.2, 0) is 0 Å². The number of hydrogen-bond acceptors (Lipinski definition) is 3. The Kier molecular flexibility index (Phi) is 6.16. The Labute approximate surface area is 111 Å². The van der Waals surface area contributed by atoms with Crippen LogP contribution in [0, 0.1) is 0 Å². The normalized spacial score (nSPS) is 23.6. The van der Waals surface area contributed by atoms with Gasteiger partial charge in [-0.05, 0) is 45.3 Å². The highest BCUT2D eigenvalue weighted by atomic mass is 32.2. The highest BCUT2D eigenvalue weighted by molar-refractivity contribution is 7.99. The Morgan fingerprint density at radius 2 is 1.82 bits per heavy atom. The molecule has 2 fully saturated rings. The second-order valence-corrected chi connectivity index (χ2v) is 6.80. The molecule has 0 aromatic rings. The third kappa shape index (κ3) is 4.46. The molecule has 1 aliphatic heterocycles. The summed E-state index contributed by atoms with van der Waals surface area (Å²) in [6.07, 6.45) is 8.57. The Morgan fingerprint density at radius 3 is 2.47 bits per heavy atom. The zero-order chi connectivity index (χ0) is 11.9. The molecule has 2 rings (SSSR count). The van der Waals surface area contributed by atoms with Crippen molar-refractivity contribution in [3.05, 3.63) is 0 Å². The summed E-state index contributed by atoms with van der Waals surface area (Å²) in [5.74, 6) is 1.34. The fourth-order valence-electron chi connectivity index (χ4n) is 3.17. The second kappa shape index (κ2) is 7.65. The molecule has 0 bridgehead atoms. The van der Waals surface area contributed by atoms with Crippen molar-refractivity contribution >= 4 is 11.8 Å². The summed E-state index contributed by atoms with van der Waals surface area (Å²) in [5, 5.41) is 4.38. The summed E-state index contributed by atoms with van der Waals surface area (Å²) in [4.78, 5) is 2.72. The summed E-state index contributed by atoms with van der Waals surface area (Å²) >= 11 is 2.22. The molecule has 2 aliphatic rings. The summed E-state index contributed by atoms with van der Waals surface area (Å²) in [7, 11) is 0. The Balaban J connectivity index is 1.61. The van der Waals surface area contributed by atoms with Crippen molar-refractivity contribution in [2.45, 2.75) is 56.7 Å². The van der Waals surface area contributed by atoms with Gasteiger partial charge in [0.2, 0.25) is 0 Å². The summed E-state index contributed by atoms with van der Waals surface area (Å²) in [5.41, 5.74) is 0. The fourth-order valence-corrected chi connectivity index (χ4v) is 4.41. The van der Waals surface area contributed by atoms with E-state index < -0.39 is 0 Å². The van der Waals surface area contributed by atoms with E-state index >= 15 is 0 Å². The summed E-state index contributed by atoms with van der Waals surface area (Å²) in [6, 6.07) is 0.911. The molecule has 0 spiro atoms. The smallest absolute Gasteiger partial charge is 0.00954 e. The van der Waals surface area contributed by atoms with Gasteiger partial charge in [-0.1, -0.05) is 19.8 Å². The standard InChI is InChI=1S/C14H28N2S/c1-2-16(13-5-3-4-6-13)11-12-17-14-7-9-15-10-8-14/h13-15H,2-12H2,1H3. The lowest BCUT2D eigenvalue weighted by Gasteiger charge is -2.28. The van der Waals surface area contributed by atoms with Crippen LogP contribution in [0.2, 0.25) is 0 Å². The second-order valence-electron chi connectivity index (χ2n) is 5.39. The Hall–Kier alpha value is 0.270. The van der Waals surface area contributed by atoms with E-state index in [-0.39, 0.29) is 0 Å². The third-order valence-electron chi connectivity index (χ3n) is 4.27. The molecule has 100 valence electrons. The lowest BCUT2D eigenvalue weighted by Crippen LogP contribution is -2.35. The molecule has 0 unspecified atom stereocenters. The van der Waals surface area contributed by atoms with Crippen molar-refractivity contribution in [3.63, 3.8) is 0 Å². The van der Waals surface area contributed by atoms with Crippen molar-refractivity contribution in [2.75, 3.05) is 31.9 Å². The van der Waals surface area contributed by atoms with Crippen molar-refractivity contribution < 1.29 is 0 Å². The molecule has 0 aromatic carbocycles. The summed E-state index contributed by atoms with van der Waals surface area (Å²) in [6.45, 7) is 7.36. The molecule has 1 N–H and O–H groups in total. The SMILES string of the molecule is CCN(CCSC1CCNCC1)C1CCCC1. The molecular weight excluding hydrogens is 228 g/mol. The largest absolute Gasteiger partial charge is 0.317 e. The van der Waals surface area contributed by atoms with Crippen molar-refractivity contribution in [1.29, 1.82) is 0 Å². The van der Waals surface area contributed by atoms with E-state index in [2.05, 4.69) is 28.9 Å². The lowest BCUT2D eigenvalue weighted by atomic mass is 10.2. The number of piperidine rings is 1. The molecule has 0 aromatic heterocycles. The van der Waals surface area contributed by atoms with Gasteiger partial charge in [-0.15, -0.1) is 0 Å². The van der Waals surface area contributed by atoms with Crippen LogP contribution in [0.5, 0.6) is 0 Å². The van der Waals surface area contributed by atoms with Crippen molar-refractivity contribution in [1.82, 2.24) is 10.2 Å². The first-order chi connectivity index (χ1) is 8.40. The molecule has 0 radical (unpaired) electrons. The van der Waals surface area contributed by atoms with Gasteiger partial charge in [0.15, 0.2) is 0 Å². The molecule has 3 heteroatoms.